The first-order chi connectivity index (χ1) is 33.0. The Hall–Kier alpha value is -1.92. The third kappa shape index (κ3) is 53.3. The number of allylic oxidation sites excluding steroid dienone is 5. The molecule has 0 aromatic rings. The number of aliphatic hydroxyl groups is 2. The van der Waals surface area contributed by atoms with Crippen LogP contribution in [0.1, 0.15) is 316 Å². The first-order valence-corrected chi connectivity index (χ1v) is 29.8. The van der Waals surface area contributed by atoms with Crippen LogP contribution in [-0.2, 0) is 14.3 Å². The predicted octanol–water partition coefficient (Wildman–Crippen LogP) is 18.4. The van der Waals surface area contributed by atoms with Gasteiger partial charge in [0.2, 0.25) is 5.91 Å². The van der Waals surface area contributed by atoms with E-state index in [1.807, 2.05) is 6.08 Å². The van der Waals surface area contributed by atoms with Gasteiger partial charge in [0.25, 0.3) is 0 Å². The molecule has 0 aliphatic rings. The van der Waals surface area contributed by atoms with E-state index < -0.39 is 12.1 Å². The molecule has 0 aliphatic carbocycles. The summed E-state index contributed by atoms with van der Waals surface area (Å²) in [4.78, 5) is 24.4. The molecule has 2 unspecified atom stereocenters. The van der Waals surface area contributed by atoms with Gasteiger partial charge >= 0.3 is 5.97 Å². The van der Waals surface area contributed by atoms with E-state index >= 15 is 0 Å². The van der Waals surface area contributed by atoms with Crippen molar-refractivity contribution >= 4 is 11.9 Å². The Morgan fingerprint density at radius 1 is 0.403 bits per heavy atom. The first kappa shape index (κ1) is 65.1. The number of rotatable bonds is 55. The van der Waals surface area contributed by atoms with Crippen molar-refractivity contribution in [2.45, 2.75) is 328 Å². The van der Waals surface area contributed by atoms with Crippen LogP contribution in [0.3, 0.4) is 0 Å². The fourth-order valence-electron chi connectivity index (χ4n) is 9.03. The molecule has 0 spiro atoms. The number of hydrogen-bond acceptors (Lipinski definition) is 5. The van der Waals surface area contributed by atoms with E-state index in [1.165, 1.54) is 244 Å². The summed E-state index contributed by atoms with van der Waals surface area (Å²) in [6.45, 7) is 4.87. The van der Waals surface area contributed by atoms with Crippen molar-refractivity contribution in [3.8, 4) is 0 Å². The first-order valence-electron chi connectivity index (χ1n) is 29.8. The summed E-state index contributed by atoms with van der Waals surface area (Å²) in [5.41, 5.74) is 0. The van der Waals surface area contributed by atoms with Gasteiger partial charge in [0.15, 0.2) is 0 Å². The van der Waals surface area contributed by atoms with Crippen molar-refractivity contribution in [2.75, 3.05) is 13.2 Å². The molecular formula is C61H115NO5. The lowest BCUT2D eigenvalue weighted by Gasteiger charge is -2.20. The number of hydrogen-bond donors (Lipinski definition) is 3. The van der Waals surface area contributed by atoms with Gasteiger partial charge in [-0.2, -0.15) is 0 Å². The molecule has 394 valence electrons. The van der Waals surface area contributed by atoms with Crippen LogP contribution < -0.4 is 5.32 Å². The van der Waals surface area contributed by atoms with Gasteiger partial charge in [-0.25, -0.2) is 0 Å². The molecule has 3 N–H and O–H groups in total. The maximum absolute atomic E-state index is 12.4. The third-order valence-electron chi connectivity index (χ3n) is 13.6. The van der Waals surface area contributed by atoms with Gasteiger partial charge in [-0.1, -0.05) is 256 Å². The summed E-state index contributed by atoms with van der Waals surface area (Å²) in [6, 6.07) is -0.626. The Morgan fingerprint density at radius 3 is 1.06 bits per heavy atom. The molecule has 6 heteroatoms. The van der Waals surface area contributed by atoms with Gasteiger partial charge in [-0.05, 0) is 83.5 Å². The Labute approximate surface area is 417 Å². The lowest BCUT2D eigenvalue weighted by molar-refractivity contribution is -0.143. The van der Waals surface area contributed by atoms with Gasteiger partial charge in [-0.15, -0.1) is 0 Å². The van der Waals surface area contributed by atoms with Crippen LogP contribution in [0, 0.1) is 0 Å². The molecule has 0 radical (unpaired) electrons. The number of ether oxygens (including phenoxy) is 1. The minimum absolute atomic E-state index is 0.00579. The van der Waals surface area contributed by atoms with Crippen LogP contribution in [-0.4, -0.2) is 47.4 Å². The highest BCUT2D eigenvalue weighted by atomic mass is 16.5. The van der Waals surface area contributed by atoms with Crippen LogP contribution in [0.15, 0.2) is 36.5 Å². The Kier molecular flexibility index (Phi) is 55.0. The van der Waals surface area contributed by atoms with E-state index in [4.69, 9.17) is 4.74 Å². The number of carbonyl (C=O) groups is 2. The summed E-state index contributed by atoms with van der Waals surface area (Å²) in [5.74, 6) is -0.0657. The van der Waals surface area contributed by atoms with Crippen molar-refractivity contribution in [3.63, 3.8) is 0 Å². The second-order valence-corrected chi connectivity index (χ2v) is 20.3. The largest absolute Gasteiger partial charge is 0.466 e. The zero-order chi connectivity index (χ0) is 48.6. The molecule has 0 heterocycles. The second-order valence-electron chi connectivity index (χ2n) is 20.3. The smallest absolute Gasteiger partial charge is 0.305 e. The van der Waals surface area contributed by atoms with Crippen LogP contribution in [0.4, 0.5) is 0 Å². The molecule has 0 aromatic carbocycles. The van der Waals surface area contributed by atoms with E-state index in [0.29, 0.717) is 19.4 Å². The number of aliphatic hydroxyl groups excluding tert-OH is 2. The fourth-order valence-corrected chi connectivity index (χ4v) is 9.03. The molecule has 0 saturated carbocycles. The van der Waals surface area contributed by atoms with E-state index in [0.717, 1.165) is 44.9 Å². The summed E-state index contributed by atoms with van der Waals surface area (Å²) >= 11 is 0. The normalized spacial score (nSPS) is 12.8. The number of nitrogens with one attached hydrogen (secondary N) is 1. The van der Waals surface area contributed by atoms with Crippen molar-refractivity contribution < 1.29 is 24.5 Å². The van der Waals surface area contributed by atoms with Crippen molar-refractivity contribution in [1.29, 1.82) is 0 Å². The van der Waals surface area contributed by atoms with Crippen LogP contribution >= 0.6 is 0 Å². The molecule has 1 amide bonds. The third-order valence-corrected chi connectivity index (χ3v) is 13.6. The van der Waals surface area contributed by atoms with Crippen molar-refractivity contribution in [1.82, 2.24) is 5.32 Å². The monoisotopic (exact) mass is 942 g/mol. The number of carbonyl (C=O) groups excluding carboxylic acids is 2. The summed E-state index contributed by atoms with van der Waals surface area (Å²) in [7, 11) is 0. The zero-order valence-electron chi connectivity index (χ0n) is 44.9. The lowest BCUT2D eigenvalue weighted by atomic mass is 10.0. The van der Waals surface area contributed by atoms with E-state index in [2.05, 4.69) is 43.5 Å². The quantitative estimate of drug-likeness (QED) is 0.0321. The molecule has 2 atom stereocenters. The maximum Gasteiger partial charge on any atom is 0.305 e. The SMILES string of the molecule is CCCCCCC/C=C\CCCCCCCC(=O)OCCCCCCCCCCCCCC/C=C\CCCCCCCCCCCCCC(=O)NC(CO)C(O)/C=C/CCCCCCCCC. The topological polar surface area (TPSA) is 95.9 Å². The number of amides is 1. The summed E-state index contributed by atoms with van der Waals surface area (Å²) in [6.07, 6.45) is 70.5. The highest BCUT2D eigenvalue weighted by Gasteiger charge is 2.18. The molecule has 0 fully saturated rings. The molecule has 0 aliphatic heterocycles. The molecular weight excluding hydrogens is 827 g/mol. The van der Waals surface area contributed by atoms with Crippen molar-refractivity contribution in [3.05, 3.63) is 36.5 Å². The van der Waals surface area contributed by atoms with Crippen LogP contribution in [0.2, 0.25) is 0 Å². The molecule has 6 nitrogen and oxygen atoms in total. The van der Waals surface area contributed by atoms with Gasteiger partial charge in [-0.3, -0.25) is 9.59 Å². The Bertz CT molecular complexity index is 1090. The average Bonchev–Trinajstić information content (AvgIpc) is 3.33. The minimum atomic E-state index is -0.842. The summed E-state index contributed by atoms with van der Waals surface area (Å²) in [5, 5.41) is 22.9. The molecule has 0 rings (SSSR count). The Morgan fingerprint density at radius 2 is 0.701 bits per heavy atom. The minimum Gasteiger partial charge on any atom is -0.466 e. The van der Waals surface area contributed by atoms with Gasteiger partial charge in [0.05, 0.1) is 25.4 Å². The molecule has 0 bridgehead atoms. The standard InChI is InChI=1S/C61H115NO5/c1-3-5-7-9-11-13-14-15-32-35-39-43-47-51-55-61(66)67-56-52-48-44-40-36-33-30-28-26-24-22-20-18-16-17-19-21-23-25-27-29-31-34-38-42-46-50-54-60(65)62-58(57-63)59(64)53-49-45-41-37-12-10-8-6-4-2/h14-17,49,53,58-59,63-64H,3-13,18-48,50-52,54-57H2,1-2H3,(H,62,65)/b15-14-,17-16-,53-49+. The van der Waals surface area contributed by atoms with E-state index in [-0.39, 0.29) is 18.5 Å². The van der Waals surface area contributed by atoms with Crippen LogP contribution in [0.5, 0.6) is 0 Å². The van der Waals surface area contributed by atoms with Gasteiger partial charge in [0.1, 0.15) is 0 Å². The molecule has 0 aromatic heterocycles. The Balaban J connectivity index is 3.37. The van der Waals surface area contributed by atoms with Gasteiger partial charge in [0, 0.05) is 12.8 Å². The fraction of sp³-hybridized carbons (Fsp3) is 0.869. The molecule has 0 saturated heterocycles. The highest BCUT2D eigenvalue weighted by Crippen LogP contribution is 2.16. The number of esters is 1. The maximum atomic E-state index is 12.4. The van der Waals surface area contributed by atoms with Crippen molar-refractivity contribution in [2.24, 2.45) is 0 Å². The average molecular weight is 943 g/mol. The van der Waals surface area contributed by atoms with E-state index in [9.17, 15) is 19.8 Å². The van der Waals surface area contributed by atoms with Gasteiger partial charge < -0.3 is 20.3 Å². The second kappa shape index (κ2) is 56.7. The summed E-state index contributed by atoms with van der Waals surface area (Å²) < 4.78 is 5.48. The number of unbranched alkanes of at least 4 members (excludes halogenated alkanes) is 40. The molecule has 67 heavy (non-hydrogen) atoms. The predicted molar refractivity (Wildman–Crippen MR) is 292 cm³/mol. The zero-order valence-corrected chi connectivity index (χ0v) is 44.9. The highest BCUT2D eigenvalue weighted by molar-refractivity contribution is 5.76. The van der Waals surface area contributed by atoms with E-state index in [1.54, 1.807) is 6.08 Å². The lowest BCUT2D eigenvalue weighted by Crippen LogP contribution is -2.45. The van der Waals surface area contributed by atoms with Crippen LogP contribution in [0.25, 0.3) is 0 Å².